The van der Waals surface area contributed by atoms with Crippen molar-refractivity contribution < 1.29 is 4.74 Å². The van der Waals surface area contributed by atoms with E-state index in [4.69, 9.17) is 4.74 Å². The molecule has 2 aromatic rings. The van der Waals surface area contributed by atoms with Gasteiger partial charge in [0, 0.05) is 6.20 Å². The molecule has 112 valence electrons. The zero-order valence-corrected chi connectivity index (χ0v) is 13.3. The average Bonchev–Trinajstić information content (AvgIpc) is 2.52. The van der Waals surface area contributed by atoms with Gasteiger partial charge >= 0.3 is 0 Å². The van der Waals surface area contributed by atoms with Crippen LogP contribution in [0.2, 0.25) is 0 Å². The lowest BCUT2D eigenvalue weighted by Crippen LogP contribution is -2.22. The lowest BCUT2D eigenvalue weighted by Gasteiger charge is -2.20. The molecule has 0 saturated carbocycles. The van der Waals surface area contributed by atoms with E-state index in [0.29, 0.717) is 5.92 Å². The summed E-state index contributed by atoms with van der Waals surface area (Å²) in [5, 5.41) is 3.52. The number of benzene rings is 1. The van der Waals surface area contributed by atoms with Crippen LogP contribution in [0, 0.1) is 0 Å². The summed E-state index contributed by atoms with van der Waals surface area (Å²) in [4.78, 5) is 4.26. The van der Waals surface area contributed by atoms with Crippen molar-refractivity contribution in [1.29, 1.82) is 0 Å². The number of pyridine rings is 1. The first-order valence-corrected chi connectivity index (χ1v) is 7.47. The standard InChI is InChI=1S/C18H24N2O/c1-5-20-18(16-10-17(21-4)12-19-11-16)15-8-6-14(7-9-15)13(2)3/h6-13,18,20H,5H2,1-4H3. The summed E-state index contributed by atoms with van der Waals surface area (Å²) in [5.41, 5.74) is 3.72. The van der Waals surface area contributed by atoms with E-state index in [1.54, 1.807) is 13.3 Å². The van der Waals surface area contributed by atoms with Crippen molar-refractivity contribution in [3.63, 3.8) is 0 Å². The molecule has 1 atom stereocenters. The van der Waals surface area contributed by atoms with Crippen LogP contribution in [-0.4, -0.2) is 18.6 Å². The summed E-state index contributed by atoms with van der Waals surface area (Å²) < 4.78 is 5.28. The highest BCUT2D eigenvalue weighted by molar-refractivity contribution is 5.36. The highest BCUT2D eigenvalue weighted by Gasteiger charge is 2.14. The topological polar surface area (TPSA) is 34.2 Å². The molecule has 0 fully saturated rings. The van der Waals surface area contributed by atoms with Gasteiger partial charge in [-0.1, -0.05) is 45.0 Å². The Bertz CT molecular complexity index is 564. The first-order chi connectivity index (χ1) is 10.2. The van der Waals surface area contributed by atoms with Crippen molar-refractivity contribution >= 4 is 0 Å². The third kappa shape index (κ3) is 3.82. The van der Waals surface area contributed by atoms with Gasteiger partial charge in [-0.3, -0.25) is 4.98 Å². The quantitative estimate of drug-likeness (QED) is 0.873. The van der Waals surface area contributed by atoms with Crippen molar-refractivity contribution in [3.8, 4) is 5.75 Å². The number of ether oxygens (including phenoxy) is 1. The summed E-state index contributed by atoms with van der Waals surface area (Å²) in [6.07, 6.45) is 3.63. The maximum Gasteiger partial charge on any atom is 0.137 e. The summed E-state index contributed by atoms with van der Waals surface area (Å²) in [6, 6.07) is 11.0. The number of nitrogens with zero attached hydrogens (tertiary/aromatic N) is 1. The molecule has 2 rings (SSSR count). The Hall–Kier alpha value is -1.87. The molecule has 0 radical (unpaired) electrons. The molecule has 1 heterocycles. The van der Waals surface area contributed by atoms with Crippen molar-refractivity contribution in [2.75, 3.05) is 13.7 Å². The zero-order valence-electron chi connectivity index (χ0n) is 13.3. The molecule has 0 aliphatic rings. The summed E-state index contributed by atoms with van der Waals surface area (Å²) in [5.74, 6) is 1.34. The van der Waals surface area contributed by atoms with Crippen LogP contribution in [0.1, 0.15) is 49.4 Å². The SMILES string of the molecule is CCNC(c1ccc(C(C)C)cc1)c1cncc(OC)c1. The molecule has 1 aromatic carbocycles. The van der Waals surface area contributed by atoms with E-state index in [-0.39, 0.29) is 6.04 Å². The number of hydrogen-bond acceptors (Lipinski definition) is 3. The Balaban J connectivity index is 2.33. The molecule has 0 amide bonds. The second-order valence-corrected chi connectivity index (χ2v) is 5.47. The minimum absolute atomic E-state index is 0.138. The number of nitrogens with one attached hydrogen (secondary N) is 1. The highest BCUT2D eigenvalue weighted by atomic mass is 16.5. The summed E-state index contributed by atoms with van der Waals surface area (Å²) in [6.45, 7) is 7.43. The Morgan fingerprint density at radius 3 is 2.29 bits per heavy atom. The van der Waals surface area contributed by atoms with Gasteiger partial charge in [0.05, 0.1) is 19.3 Å². The minimum Gasteiger partial charge on any atom is -0.495 e. The van der Waals surface area contributed by atoms with E-state index < -0.39 is 0 Å². The van der Waals surface area contributed by atoms with Crippen molar-refractivity contribution in [2.24, 2.45) is 0 Å². The Labute approximate surface area is 127 Å². The molecule has 3 heteroatoms. The fraction of sp³-hybridized carbons (Fsp3) is 0.389. The van der Waals surface area contributed by atoms with Gasteiger partial charge in [-0.05, 0) is 35.2 Å². The maximum absolute atomic E-state index is 5.28. The lowest BCUT2D eigenvalue weighted by molar-refractivity contribution is 0.411. The maximum atomic E-state index is 5.28. The predicted molar refractivity (Wildman–Crippen MR) is 86.8 cm³/mol. The van der Waals surface area contributed by atoms with Crippen LogP contribution < -0.4 is 10.1 Å². The fourth-order valence-electron chi connectivity index (χ4n) is 2.41. The van der Waals surface area contributed by atoms with Crippen LogP contribution in [-0.2, 0) is 0 Å². The van der Waals surface area contributed by atoms with Crippen LogP contribution in [0.4, 0.5) is 0 Å². The summed E-state index contributed by atoms with van der Waals surface area (Å²) >= 11 is 0. The Morgan fingerprint density at radius 2 is 1.71 bits per heavy atom. The first-order valence-electron chi connectivity index (χ1n) is 7.47. The fourth-order valence-corrected chi connectivity index (χ4v) is 2.41. The summed E-state index contributed by atoms with van der Waals surface area (Å²) in [7, 11) is 1.67. The largest absolute Gasteiger partial charge is 0.495 e. The van der Waals surface area contributed by atoms with Gasteiger partial charge in [-0.25, -0.2) is 0 Å². The van der Waals surface area contributed by atoms with Crippen molar-refractivity contribution in [3.05, 3.63) is 59.4 Å². The molecule has 0 aliphatic heterocycles. The molecule has 0 aliphatic carbocycles. The minimum atomic E-state index is 0.138. The van der Waals surface area contributed by atoms with Crippen LogP contribution >= 0.6 is 0 Å². The predicted octanol–water partition coefficient (Wildman–Crippen LogP) is 3.91. The van der Waals surface area contributed by atoms with Gasteiger partial charge in [-0.2, -0.15) is 0 Å². The highest BCUT2D eigenvalue weighted by Crippen LogP contribution is 2.25. The first kappa shape index (κ1) is 15.5. The average molecular weight is 284 g/mol. The van der Waals surface area contributed by atoms with Crippen LogP contribution in [0.25, 0.3) is 0 Å². The molecule has 1 aromatic heterocycles. The molecular formula is C18H24N2O. The van der Waals surface area contributed by atoms with E-state index in [9.17, 15) is 0 Å². The molecule has 0 bridgehead atoms. The van der Waals surface area contributed by atoms with E-state index >= 15 is 0 Å². The van der Waals surface area contributed by atoms with Crippen molar-refractivity contribution in [2.45, 2.75) is 32.7 Å². The van der Waals surface area contributed by atoms with E-state index in [1.165, 1.54) is 11.1 Å². The van der Waals surface area contributed by atoms with Crippen molar-refractivity contribution in [1.82, 2.24) is 10.3 Å². The van der Waals surface area contributed by atoms with E-state index in [2.05, 4.69) is 55.3 Å². The molecule has 21 heavy (non-hydrogen) atoms. The number of aromatic nitrogens is 1. The monoisotopic (exact) mass is 284 g/mol. The lowest BCUT2D eigenvalue weighted by atomic mass is 9.96. The second-order valence-electron chi connectivity index (χ2n) is 5.47. The molecule has 1 N–H and O–H groups in total. The Morgan fingerprint density at radius 1 is 1.05 bits per heavy atom. The zero-order chi connectivity index (χ0) is 15.2. The number of methoxy groups -OCH3 is 1. The van der Waals surface area contributed by atoms with Gasteiger partial charge < -0.3 is 10.1 Å². The smallest absolute Gasteiger partial charge is 0.137 e. The molecule has 3 nitrogen and oxygen atoms in total. The van der Waals surface area contributed by atoms with Gasteiger partial charge in [-0.15, -0.1) is 0 Å². The van der Waals surface area contributed by atoms with Gasteiger partial charge in [0.2, 0.25) is 0 Å². The third-order valence-corrected chi connectivity index (χ3v) is 3.65. The van der Waals surface area contributed by atoms with Crippen LogP contribution in [0.15, 0.2) is 42.7 Å². The number of hydrogen-bond donors (Lipinski definition) is 1. The van der Waals surface area contributed by atoms with Gasteiger partial charge in [0.1, 0.15) is 5.75 Å². The third-order valence-electron chi connectivity index (χ3n) is 3.65. The van der Waals surface area contributed by atoms with E-state index in [0.717, 1.165) is 17.9 Å². The van der Waals surface area contributed by atoms with E-state index in [1.807, 2.05) is 12.3 Å². The van der Waals surface area contributed by atoms with Crippen LogP contribution in [0.3, 0.4) is 0 Å². The second kappa shape index (κ2) is 7.23. The molecule has 1 unspecified atom stereocenters. The molecule has 0 saturated heterocycles. The van der Waals surface area contributed by atoms with Gasteiger partial charge in [0.25, 0.3) is 0 Å². The van der Waals surface area contributed by atoms with Crippen LogP contribution in [0.5, 0.6) is 5.75 Å². The normalized spacial score (nSPS) is 12.4. The molecule has 0 spiro atoms. The van der Waals surface area contributed by atoms with Gasteiger partial charge in [0.15, 0.2) is 0 Å². The Kier molecular flexibility index (Phi) is 5.34. The molecular weight excluding hydrogens is 260 g/mol. The number of rotatable bonds is 6.